The molecule has 1 fully saturated rings. The Balaban J connectivity index is 1.57. The lowest BCUT2D eigenvalue weighted by atomic mass is 10.1. The summed E-state index contributed by atoms with van der Waals surface area (Å²) in [6, 6.07) is 17.1. The first-order valence-corrected chi connectivity index (χ1v) is 11.2. The van der Waals surface area contributed by atoms with E-state index < -0.39 is 0 Å². The summed E-state index contributed by atoms with van der Waals surface area (Å²) in [7, 11) is 7.69. The molecule has 174 valence electrons. The minimum atomic E-state index is 0.216. The Bertz CT molecular complexity index is 848. The van der Waals surface area contributed by atoms with Gasteiger partial charge in [0, 0.05) is 39.8 Å². The molecule has 1 unspecified atom stereocenters. The Morgan fingerprint density at radius 3 is 2.38 bits per heavy atom. The Kier molecular flexibility index (Phi) is 9.34. The van der Waals surface area contributed by atoms with Crippen LogP contribution in [0.4, 0.5) is 0 Å². The van der Waals surface area contributed by atoms with Crippen LogP contribution >= 0.6 is 0 Å². The molecule has 7 nitrogen and oxygen atoms in total. The number of nitrogens with zero attached hydrogens (tertiary/aromatic N) is 3. The van der Waals surface area contributed by atoms with Crippen LogP contribution in [0.1, 0.15) is 22.7 Å². The first-order chi connectivity index (χ1) is 15.6. The lowest BCUT2D eigenvalue weighted by Gasteiger charge is -2.28. The predicted molar refractivity (Wildman–Crippen MR) is 130 cm³/mol. The number of aliphatic imine (C=N–C) groups is 1. The van der Waals surface area contributed by atoms with Crippen molar-refractivity contribution in [2.24, 2.45) is 4.99 Å². The number of morpholine rings is 1. The largest absolute Gasteiger partial charge is 0.497 e. The van der Waals surface area contributed by atoms with Gasteiger partial charge in [0.2, 0.25) is 0 Å². The van der Waals surface area contributed by atoms with Gasteiger partial charge in [-0.2, -0.15) is 0 Å². The molecular weight excluding hydrogens is 402 g/mol. The first kappa shape index (κ1) is 24.0. The number of hydrogen-bond acceptors (Lipinski definition) is 5. The summed E-state index contributed by atoms with van der Waals surface area (Å²) in [6.07, 6.45) is 0. The van der Waals surface area contributed by atoms with E-state index in [1.165, 1.54) is 16.7 Å². The summed E-state index contributed by atoms with van der Waals surface area (Å²) >= 11 is 0. The fourth-order valence-electron chi connectivity index (χ4n) is 3.90. The molecule has 2 aromatic rings. The average Bonchev–Trinajstić information content (AvgIpc) is 2.83. The molecule has 3 rings (SSSR count). The smallest absolute Gasteiger partial charge is 0.191 e. The van der Waals surface area contributed by atoms with Crippen molar-refractivity contribution >= 4 is 5.96 Å². The van der Waals surface area contributed by atoms with Gasteiger partial charge in [-0.15, -0.1) is 0 Å². The maximum Gasteiger partial charge on any atom is 0.191 e. The van der Waals surface area contributed by atoms with Crippen LogP contribution in [0.2, 0.25) is 0 Å². The fourth-order valence-corrected chi connectivity index (χ4v) is 3.90. The Morgan fingerprint density at radius 1 is 1.06 bits per heavy atom. The van der Waals surface area contributed by atoms with E-state index in [1.807, 2.05) is 19.2 Å². The number of guanidine groups is 1. The van der Waals surface area contributed by atoms with Crippen LogP contribution in [0.5, 0.6) is 5.75 Å². The molecule has 2 aromatic carbocycles. The lowest BCUT2D eigenvalue weighted by Crippen LogP contribution is -2.41. The highest BCUT2D eigenvalue weighted by molar-refractivity contribution is 5.79. The van der Waals surface area contributed by atoms with E-state index in [2.05, 4.69) is 75.9 Å². The second kappa shape index (κ2) is 12.4. The molecule has 2 N–H and O–H groups in total. The number of nitrogens with one attached hydrogen (secondary N) is 2. The number of rotatable bonds is 9. The molecule has 0 amide bonds. The van der Waals surface area contributed by atoms with Gasteiger partial charge in [0.1, 0.15) is 5.75 Å². The Hall–Kier alpha value is -2.61. The van der Waals surface area contributed by atoms with Crippen LogP contribution in [0.15, 0.2) is 53.5 Å². The molecule has 1 aliphatic rings. The van der Waals surface area contributed by atoms with E-state index in [-0.39, 0.29) is 6.04 Å². The van der Waals surface area contributed by atoms with E-state index in [0.29, 0.717) is 0 Å². The van der Waals surface area contributed by atoms with Gasteiger partial charge in [0.25, 0.3) is 0 Å². The Labute approximate surface area is 192 Å². The van der Waals surface area contributed by atoms with Crippen molar-refractivity contribution in [3.05, 3.63) is 65.2 Å². The van der Waals surface area contributed by atoms with Crippen molar-refractivity contribution < 1.29 is 9.47 Å². The highest BCUT2D eigenvalue weighted by Crippen LogP contribution is 2.20. The van der Waals surface area contributed by atoms with Crippen LogP contribution in [0.25, 0.3) is 0 Å². The van der Waals surface area contributed by atoms with Crippen molar-refractivity contribution in [1.29, 1.82) is 0 Å². The summed E-state index contributed by atoms with van der Waals surface area (Å²) in [5.74, 6) is 1.67. The van der Waals surface area contributed by atoms with Gasteiger partial charge in [-0.1, -0.05) is 36.4 Å². The van der Waals surface area contributed by atoms with E-state index in [1.54, 1.807) is 7.11 Å². The van der Waals surface area contributed by atoms with Gasteiger partial charge in [-0.3, -0.25) is 9.89 Å². The number of ether oxygens (including phenoxy) is 2. The maximum absolute atomic E-state index is 5.48. The Morgan fingerprint density at radius 2 is 1.75 bits per heavy atom. The van der Waals surface area contributed by atoms with Crippen LogP contribution in [0, 0.1) is 0 Å². The van der Waals surface area contributed by atoms with E-state index in [4.69, 9.17) is 9.47 Å². The first-order valence-electron chi connectivity index (χ1n) is 11.2. The number of benzene rings is 2. The summed E-state index contributed by atoms with van der Waals surface area (Å²) < 4.78 is 10.8. The highest BCUT2D eigenvalue weighted by atomic mass is 16.5. The number of hydrogen-bond donors (Lipinski definition) is 2. The minimum Gasteiger partial charge on any atom is -0.497 e. The van der Waals surface area contributed by atoms with Gasteiger partial charge in [0.05, 0.1) is 26.4 Å². The summed E-state index contributed by atoms with van der Waals surface area (Å²) in [5.41, 5.74) is 3.87. The summed E-state index contributed by atoms with van der Waals surface area (Å²) in [5, 5.41) is 6.97. The monoisotopic (exact) mass is 439 g/mol. The minimum absolute atomic E-state index is 0.216. The van der Waals surface area contributed by atoms with Crippen molar-refractivity contribution in [3.63, 3.8) is 0 Å². The van der Waals surface area contributed by atoms with Crippen LogP contribution in [-0.2, 0) is 17.8 Å². The molecule has 1 heterocycles. The predicted octanol–water partition coefficient (Wildman–Crippen LogP) is 2.50. The van der Waals surface area contributed by atoms with Gasteiger partial charge in [-0.25, -0.2) is 0 Å². The molecule has 0 spiro atoms. The zero-order chi connectivity index (χ0) is 22.8. The second-order valence-electron chi connectivity index (χ2n) is 8.22. The molecule has 0 bridgehead atoms. The second-order valence-corrected chi connectivity index (χ2v) is 8.22. The number of likely N-dealkylation sites (N-methyl/N-ethyl adjacent to an activating group) is 1. The topological polar surface area (TPSA) is 61.4 Å². The van der Waals surface area contributed by atoms with E-state index >= 15 is 0 Å². The van der Waals surface area contributed by atoms with Gasteiger partial charge >= 0.3 is 0 Å². The standard InChI is InChI=1S/C25H37N5O2/c1-26-25(28-18-24(29(2)3)20-9-11-23(31-4)12-10-20)27-17-21-7-5-6-8-22(21)19-30-13-15-32-16-14-30/h5-12,24H,13-19H2,1-4H3,(H2,26,27,28). The van der Waals surface area contributed by atoms with Crippen molar-refractivity contribution in [3.8, 4) is 5.75 Å². The maximum atomic E-state index is 5.48. The quantitative estimate of drug-likeness (QED) is 0.463. The third kappa shape index (κ3) is 6.95. The summed E-state index contributed by atoms with van der Waals surface area (Å²) in [4.78, 5) is 9.09. The molecule has 1 saturated heterocycles. The third-order valence-electron chi connectivity index (χ3n) is 5.87. The average molecular weight is 440 g/mol. The fraction of sp³-hybridized carbons (Fsp3) is 0.480. The van der Waals surface area contributed by atoms with Gasteiger partial charge in [-0.05, 0) is 42.9 Å². The normalized spacial score (nSPS) is 16.1. The molecule has 0 aromatic heterocycles. The van der Waals surface area contributed by atoms with Crippen molar-refractivity contribution in [2.75, 3.05) is 61.1 Å². The van der Waals surface area contributed by atoms with E-state index in [0.717, 1.165) is 57.6 Å². The van der Waals surface area contributed by atoms with Crippen LogP contribution in [-0.4, -0.2) is 76.9 Å². The van der Waals surface area contributed by atoms with E-state index in [9.17, 15) is 0 Å². The molecule has 0 saturated carbocycles. The van der Waals surface area contributed by atoms with Crippen molar-refractivity contribution in [1.82, 2.24) is 20.4 Å². The molecule has 0 radical (unpaired) electrons. The van der Waals surface area contributed by atoms with Crippen LogP contribution < -0.4 is 15.4 Å². The molecule has 32 heavy (non-hydrogen) atoms. The molecule has 1 aliphatic heterocycles. The lowest BCUT2D eigenvalue weighted by molar-refractivity contribution is 0.0341. The SMILES string of the molecule is CN=C(NCc1ccccc1CN1CCOCC1)NCC(c1ccc(OC)cc1)N(C)C. The van der Waals surface area contributed by atoms with Crippen molar-refractivity contribution in [2.45, 2.75) is 19.1 Å². The zero-order valence-corrected chi connectivity index (χ0v) is 19.8. The molecule has 1 atom stereocenters. The van der Waals surface area contributed by atoms with Gasteiger partial charge in [0.15, 0.2) is 5.96 Å². The third-order valence-corrected chi connectivity index (χ3v) is 5.87. The zero-order valence-electron chi connectivity index (χ0n) is 19.8. The molecular formula is C25H37N5O2. The molecule has 0 aliphatic carbocycles. The van der Waals surface area contributed by atoms with Gasteiger partial charge < -0.3 is 25.0 Å². The highest BCUT2D eigenvalue weighted by Gasteiger charge is 2.16. The van der Waals surface area contributed by atoms with Crippen LogP contribution in [0.3, 0.4) is 0 Å². The number of methoxy groups -OCH3 is 1. The molecule has 7 heteroatoms. The summed E-state index contributed by atoms with van der Waals surface area (Å²) in [6.45, 7) is 6.04.